The monoisotopic (exact) mass is 277 g/mol. The molecule has 102 valence electrons. The van der Waals surface area contributed by atoms with E-state index in [9.17, 15) is 13.2 Å². The van der Waals surface area contributed by atoms with Crippen LogP contribution in [0.1, 0.15) is 11.1 Å². The SMILES string of the molecule is COc1cc(C#N)ccc1-c1cccc(C(F)(F)F)c1. The minimum atomic E-state index is -4.39. The number of alkyl halides is 3. The molecule has 0 heterocycles. The number of benzene rings is 2. The Balaban J connectivity index is 2.55. The summed E-state index contributed by atoms with van der Waals surface area (Å²) in [4.78, 5) is 0. The zero-order chi connectivity index (χ0) is 14.8. The van der Waals surface area contributed by atoms with Crippen molar-refractivity contribution >= 4 is 0 Å². The molecule has 0 saturated heterocycles. The highest BCUT2D eigenvalue weighted by Gasteiger charge is 2.30. The van der Waals surface area contributed by atoms with Gasteiger partial charge in [-0.25, -0.2) is 0 Å². The van der Waals surface area contributed by atoms with Crippen LogP contribution in [0, 0.1) is 11.3 Å². The molecule has 0 bridgehead atoms. The van der Waals surface area contributed by atoms with Gasteiger partial charge in [0, 0.05) is 5.56 Å². The third-order valence-electron chi connectivity index (χ3n) is 2.83. The third kappa shape index (κ3) is 2.75. The highest BCUT2D eigenvalue weighted by molar-refractivity contribution is 5.72. The summed E-state index contributed by atoms with van der Waals surface area (Å²) in [6.07, 6.45) is -4.39. The van der Waals surface area contributed by atoms with Crippen molar-refractivity contribution in [1.29, 1.82) is 5.26 Å². The lowest BCUT2D eigenvalue weighted by molar-refractivity contribution is -0.137. The largest absolute Gasteiger partial charge is 0.496 e. The molecule has 0 aliphatic rings. The predicted molar refractivity (Wildman–Crippen MR) is 68.1 cm³/mol. The molecular formula is C15H10F3NO. The van der Waals surface area contributed by atoms with Gasteiger partial charge in [0.25, 0.3) is 0 Å². The molecule has 2 aromatic carbocycles. The van der Waals surface area contributed by atoms with Crippen LogP contribution in [-0.2, 0) is 6.18 Å². The lowest BCUT2D eigenvalue weighted by atomic mass is 10.0. The maximum absolute atomic E-state index is 12.7. The molecule has 0 aliphatic heterocycles. The van der Waals surface area contributed by atoms with Gasteiger partial charge < -0.3 is 4.74 Å². The lowest BCUT2D eigenvalue weighted by Gasteiger charge is -2.12. The fourth-order valence-electron chi connectivity index (χ4n) is 1.86. The van der Waals surface area contributed by atoms with Crippen LogP contribution >= 0.6 is 0 Å². The molecule has 0 unspecified atom stereocenters. The molecule has 0 amide bonds. The molecule has 2 rings (SSSR count). The van der Waals surface area contributed by atoms with Crippen molar-refractivity contribution in [3.8, 4) is 22.9 Å². The highest BCUT2D eigenvalue weighted by Crippen LogP contribution is 2.35. The van der Waals surface area contributed by atoms with E-state index in [1.165, 1.54) is 25.3 Å². The summed E-state index contributed by atoms with van der Waals surface area (Å²) in [6.45, 7) is 0. The van der Waals surface area contributed by atoms with Gasteiger partial charge in [-0.05, 0) is 35.9 Å². The van der Waals surface area contributed by atoms with Crippen LogP contribution in [0.3, 0.4) is 0 Å². The number of hydrogen-bond acceptors (Lipinski definition) is 2. The molecule has 20 heavy (non-hydrogen) atoms. The zero-order valence-corrected chi connectivity index (χ0v) is 10.5. The fraction of sp³-hybridized carbons (Fsp3) is 0.133. The quantitative estimate of drug-likeness (QED) is 0.822. The van der Waals surface area contributed by atoms with Crippen molar-refractivity contribution in [2.24, 2.45) is 0 Å². The molecule has 0 N–H and O–H groups in total. The summed E-state index contributed by atoms with van der Waals surface area (Å²) in [5, 5.41) is 8.82. The first-order chi connectivity index (χ1) is 9.45. The first-order valence-corrected chi connectivity index (χ1v) is 5.71. The summed E-state index contributed by atoms with van der Waals surface area (Å²) in [6, 6.07) is 11.6. The Bertz CT molecular complexity index is 672. The Morgan fingerprint density at radius 2 is 1.85 bits per heavy atom. The van der Waals surface area contributed by atoms with E-state index in [1.807, 2.05) is 6.07 Å². The molecule has 0 aliphatic carbocycles. The number of halogens is 3. The van der Waals surface area contributed by atoms with Crippen LogP contribution in [0.25, 0.3) is 11.1 Å². The van der Waals surface area contributed by atoms with Crippen molar-refractivity contribution in [3.63, 3.8) is 0 Å². The van der Waals surface area contributed by atoms with E-state index in [-0.39, 0.29) is 0 Å². The van der Waals surface area contributed by atoms with Crippen LogP contribution in [0.2, 0.25) is 0 Å². The molecule has 0 radical (unpaired) electrons. The van der Waals surface area contributed by atoms with Crippen molar-refractivity contribution in [3.05, 3.63) is 53.6 Å². The van der Waals surface area contributed by atoms with E-state index in [0.717, 1.165) is 12.1 Å². The standard InChI is InChI=1S/C15H10F3NO/c1-20-14-7-10(9-19)5-6-13(14)11-3-2-4-12(8-11)15(16,17)18/h2-8H,1H3. The van der Waals surface area contributed by atoms with E-state index in [1.54, 1.807) is 12.1 Å². The Labute approximate surface area is 114 Å². The summed E-state index contributed by atoms with van der Waals surface area (Å²) in [7, 11) is 1.41. The maximum Gasteiger partial charge on any atom is 0.416 e. The molecule has 0 fully saturated rings. The molecule has 0 spiro atoms. The normalized spacial score (nSPS) is 10.9. The Morgan fingerprint density at radius 3 is 2.45 bits per heavy atom. The Hall–Kier alpha value is -2.48. The number of nitrogens with zero attached hydrogens (tertiary/aromatic N) is 1. The predicted octanol–water partition coefficient (Wildman–Crippen LogP) is 4.25. The van der Waals surface area contributed by atoms with E-state index in [0.29, 0.717) is 22.4 Å². The molecule has 0 atom stereocenters. The highest BCUT2D eigenvalue weighted by atomic mass is 19.4. The second-order valence-corrected chi connectivity index (χ2v) is 4.11. The average molecular weight is 277 g/mol. The van der Waals surface area contributed by atoms with Crippen LogP contribution < -0.4 is 4.74 Å². The van der Waals surface area contributed by atoms with Crippen LogP contribution in [0.15, 0.2) is 42.5 Å². The molecular weight excluding hydrogens is 267 g/mol. The summed E-state index contributed by atoms with van der Waals surface area (Å²) in [5.41, 5.74) is 0.567. The first-order valence-electron chi connectivity index (χ1n) is 5.71. The van der Waals surface area contributed by atoms with E-state index >= 15 is 0 Å². The molecule has 5 heteroatoms. The lowest BCUT2D eigenvalue weighted by Crippen LogP contribution is -2.04. The minimum Gasteiger partial charge on any atom is -0.496 e. The van der Waals surface area contributed by atoms with Gasteiger partial charge in [0.1, 0.15) is 5.75 Å². The second-order valence-electron chi connectivity index (χ2n) is 4.11. The first kappa shape index (κ1) is 13.9. The third-order valence-corrected chi connectivity index (χ3v) is 2.83. The number of nitriles is 1. The van der Waals surface area contributed by atoms with Crippen molar-refractivity contribution in [2.45, 2.75) is 6.18 Å². The fourth-order valence-corrected chi connectivity index (χ4v) is 1.86. The Morgan fingerprint density at radius 1 is 1.10 bits per heavy atom. The van der Waals surface area contributed by atoms with E-state index in [4.69, 9.17) is 10.00 Å². The average Bonchev–Trinajstić information content (AvgIpc) is 2.45. The van der Waals surface area contributed by atoms with Crippen LogP contribution in [0.5, 0.6) is 5.75 Å². The molecule has 0 saturated carbocycles. The zero-order valence-electron chi connectivity index (χ0n) is 10.5. The van der Waals surface area contributed by atoms with Gasteiger partial charge in [-0.3, -0.25) is 0 Å². The molecule has 2 aromatic rings. The van der Waals surface area contributed by atoms with Crippen LogP contribution in [-0.4, -0.2) is 7.11 Å². The van der Waals surface area contributed by atoms with Crippen molar-refractivity contribution in [2.75, 3.05) is 7.11 Å². The van der Waals surface area contributed by atoms with Crippen molar-refractivity contribution < 1.29 is 17.9 Å². The van der Waals surface area contributed by atoms with Gasteiger partial charge in [-0.2, -0.15) is 18.4 Å². The molecule has 2 nitrogen and oxygen atoms in total. The summed E-state index contributed by atoms with van der Waals surface area (Å²) >= 11 is 0. The van der Waals surface area contributed by atoms with Gasteiger partial charge in [-0.15, -0.1) is 0 Å². The number of rotatable bonds is 2. The minimum absolute atomic E-state index is 0.364. The second kappa shape index (κ2) is 5.25. The molecule has 0 aromatic heterocycles. The summed E-state index contributed by atoms with van der Waals surface area (Å²) < 4.78 is 43.3. The van der Waals surface area contributed by atoms with E-state index < -0.39 is 11.7 Å². The van der Waals surface area contributed by atoms with Gasteiger partial charge in [0.2, 0.25) is 0 Å². The van der Waals surface area contributed by atoms with Gasteiger partial charge >= 0.3 is 6.18 Å². The maximum atomic E-state index is 12.7. The van der Waals surface area contributed by atoms with Gasteiger partial charge in [-0.1, -0.05) is 12.1 Å². The van der Waals surface area contributed by atoms with Crippen molar-refractivity contribution in [1.82, 2.24) is 0 Å². The Kier molecular flexibility index (Phi) is 3.66. The smallest absolute Gasteiger partial charge is 0.416 e. The van der Waals surface area contributed by atoms with E-state index in [2.05, 4.69) is 0 Å². The van der Waals surface area contributed by atoms with Gasteiger partial charge in [0.15, 0.2) is 0 Å². The topological polar surface area (TPSA) is 33.0 Å². The van der Waals surface area contributed by atoms with Crippen LogP contribution in [0.4, 0.5) is 13.2 Å². The number of hydrogen-bond donors (Lipinski definition) is 0. The number of methoxy groups -OCH3 is 1. The summed E-state index contributed by atoms with van der Waals surface area (Å²) in [5.74, 6) is 0.364. The van der Waals surface area contributed by atoms with Gasteiger partial charge in [0.05, 0.1) is 24.3 Å². The number of ether oxygens (including phenoxy) is 1.